The summed E-state index contributed by atoms with van der Waals surface area (Å²) in [5, 5.41) is 0.0324. The minimum Gasteiger partial charge on any atom is -0.386 e. The molecular weight excluding hydrogens is 216 g/mol. The third kappa shape index (κ3) is 2.92. The van der Waals surface area contributed by atoms with Gasteiger partial charge in [-0.1, -0.05) is 18.7 Å². The van der Waals surface area contributed by atoms with E-state index in [9.17, 15) is 14.4 Å². The van der Waals surface area contributed by atoms with E-state index in [0.29, 0.717) is 17.6 Å². The first-order valence-corrected chi connectivity index (χ1v) is 5.66. The van der Waals surface area contributed by atoms with Crippen molar-refractivity contribution in [2.24, 2.45) is 0 Å². The molecule has 82 valence electrons. The normalized spacial score (nSPS) is 15.9. The van der Waals surface area contributed by atoms with Crippen molar-refractivity contribution in [3.8, 4) is 0 Å². The van der Waals surface area contributed by atoms with Crippen molar-refractivity contribution >= 4 is 28.8 Å². The summed E-state index contributed by atoms with van der Waals surface area (Å²) >= 11 is 1.22. The van der Waals surface area contributed by atoms with Gasteiger partial charge in [-0.15, -0.1) is 0 Å². The molecule has 15 heavy (non-hydrogen) atoms. The van der Waals surface area contributed by atoms with Crippen LogP contribution in [0, 0.1) is 0 Å². The lowest BCUT2D eigenvalue weighted by Crippen LogP contribution is -2.03. The van der Waals surface area contributed by atoms with Gasteiger partial charge in [0.05, 0.1) is 0 Å². The predicted molar refractivity (Wildman–Crippen MR) is 56.2 cm³/mol. The van der Waals surface area contributed by atoms with Crippen LogP contribution in [0.3, 0.4) is 0 Å². The molecule has 0 spiro atoms. The van der Waals surface area contributed by atoms with Crippen LogP contribution in [0.25, 0.3) is 0 Å². The van der Waals surface area contributed by atoms with Gasteiger partial charge in [0.25, 0.3) is 0 Å². The second kappa shape index (κ2) is 5.11. The van der Waals surface area contributed by atoms with Gasteiger partial charge >= 0.3 is 11.9 Å². The van der Waals surface area contributed by atoms with Crippen LogP contribution in [0.15, 0.2) is 11.1 Å². The number of rotatable bonds is 4. The SMILES string of the molecule is CCSC(=O)CCC1=C(C)C(=O)OC1=O. The van der Waals surface area contributed by atoms with Crippen molar-refractivity contribution in [3.05, 3.63) is 11.1 Å². The van der Waals surface area contributed by atoms with E-state index < -0.39 is 11.9 Å². The average molecular weight is 228 g/mol. The molecule has 1 heterocycles. The van der Waals surface area contributed by atoms with Crippen molar-refractivity contribution < 1.29 is 19.1 Å². The number of carbonyl (C=O) groups is 3. The Bertz CT molecular complexity index is 343. The van der Waals surface area contributed by atoms with Crippen molar-refractivity contribution in [1.82, 2.24) is 0 Å². The van der Waals surface area contributed by atoms with E-state index in [2.05, 4.69) is 4.74 Å². The first kappa shape index (κ1) is 12.0. The highest BCUT2D eigenvalue weighted by molar-refractivity contribution is 8.13. The fraction of sp³-hybridized carbons (Fsp3) is 0.500. The van der Waals surface area contributed by atoms with E-state index in [1.807, 2.05) is 6.92 Å². The van der Waals surface area contributed by atoms with Gasteiger partial charge in [-0.3, -0.25) is 4.79 Å². The molecule has 0 bridgehead atoms. The Morgan fingerprint density at radius 2 is 2.00 bits per heavy atom. The number of carbonyl (C=O) groups excluding carboxylic acids is 3. The molecule has 4 nitrogen and oxygen atoms in total. The van der Waals surface area contributed by atoms with Gasteiger partial charge in [-0.25, -0.2) is 9.59 Å². The van der Waals surface area contributed by atoms with Gasteiger partial charge < -0.3 is 4.74 Å². The highest BCUT2D eigenvalue weighted by atomic mass is 32.2. The van der Waals surface area contributed by atoms with Crippen molar-refractivity contribution in [2.45, 2.75) is 26.7 Å². The summed E-state index contributed by atoms with van der Waals surface area (Å²) < 4.78 is 4.41. The highest BCUT2D eigenvalue weighted by Crippen LogP contribution is 2.22. The first-order chi connectivity index (χ1) is 7.06. The topological polar surface area (TPSA) is 60.4 Å². The van der Waals surface area contributed by atoms with Crippen LogP contribution < -0.4 is 0 Å². The van der Waals surface area contributed by atoms with E-state index in [-0.39, 0.29) is 11.5 Å². The molecule has 0 saturated carbocycles. The quantitative estimate of drug-likeness (QED) is 0.538. The van der Waals surface area contributed by atoms with E-state index in [1.54, 1.807) is 6.92 Å². The van der Waals surface area contributed by atoms with Crippen LogP contribution >= 0.6 is 11.8 Å². The van der Waals surface area contributed by atoms with E-state index in [4.69, 9.17) is 0 Å². The number of ether oxygens (including phenoxy) is 1. The zero-order valence-electron chi connectivity index (χ0n) is 8.66. The maximum Gasteiger partial charge on any atom is 0.342 e. The summed E-state index contributed by atoms with van der Waals surface area (Å²) in [6.07, 6.45) is 0.565. The summed E-state index contributed by atoms with van der Waals surface area (Å²) in [4.78, 5) is 33.3. The number of thioether (sulfide) groups is 1. The van der Waals surface area contributed by atoms with Crippen molar-refractivity contribution in [3.63, 3.8) is 0 Å². The number of esters is 2. The molecule has 0 atom stereocenters. The standard InChI is InChI=1S/C10H12O4S/c1-3-15-8(11)5-4-7-6(2)9(12)14-10(7)13/h3-5H2,1-2H3. The molecule has 0 aromatic carbocycles. The monoisotopic (exact) mass is 228 g/mol. The number of hydrogen-bond donors (Lipinski definition) is 0. The summed E-state index contributed by atoms with van der Waals surface area (Å²) in [5.74, 6) is -0.474. The molecular formula is C10H12O4S. The molecule has 1 aliphatic heterocycles. The fourth-order valence-corrected chi connectivity index (χ4v) is 1.82. The third-order valence-corrected chi connectivity index (χ3v) is 2.89. The number of hydrogen-bond acceptors (Lipinski definition) is 5. The lowest BCUT2D eigenvalue weighted by atomic mass is 10.1. The minimum absolute atomic E-state index is 0.0324. The van der Waals surface area contributed by atoms with Crippen LogP contribution in [0.2, 0.25) is 0 Å². The highest BCUT2D eigenvalue weighted by Gasteiger charge is 2.29. The van der Waals surface area contributed by atoms with E-state index in [0.717, 1.165) is 5.75 Å². The second-order valence-electron chi connectivity index (χ2n) is 3.09. The Hall–Kier alpha value is -1.10. The summed E-state index contributed by atoms with van der Waals surface area (Å²) in [7, 11) is 0. The van der Waals surface area contributed by atoms with Gasteiger partial charge in [-0.05, 0) is 19.1 Å². The molecule has 5 heteroatoms. The Kier molecular flexibility index (Phi) is 4.08. The van der Waals surface area contributed by atoms with E-state index >= 15 is 0 Å². The smallest absolute Gasteiger partial charge is 0.342 e. The molecule has 0 amide bonds. The summed E-state index contributed by atoms with van der Waals surface area (Å²) in [6.45, 7) is 3.43. The molecule has 0 radical (unpaired) electrons. The van der Waals surface area contributed by atoms with Crippen LogP contribution in [-0.2, 0) is 19.1 Å². The maximum atomic E-state index is 11.2. The Balaban J connectivity index is 2.55. The van der Waals surface area contributed by atoms with Crippen LogP contribution in [-0.4, -0.2) is 22.8 Å². The molecule has 0 unspecified atom stereocenters. The van der Waals surface area contributed by atoms with Crippen molar-refractivity contribution in [2.75, 3.05) is 5.75 Å². The zero-order valence-corrected chi connectivity index (χ0v) is 9.48. The summed E-state index contributed by atoms with van der Waals surface area (Å²) in [5.41, 5.74) is 0.666. The molecule has 0 aromatic heterocycles. The van der Waals surface area contributed by atoms with Gasteiger partial charge in [0.15, 0.2) is 5.12 Å². The van der Waals surface area contributed by atoms with Gasteiger partial charge in [0.1, 0.15) is 0 Å². The molecule has 0 aliphatic carbocycles. The lowest BCUT2D eigenvalue weighted by molar-refractivity contribution is -0.151. The first-order valence-electron chi connectivity index (χ1n) is 4.68. The fourth-order valence-electron chi connectivity index (χ4n) is 1.25. The Morgan fingerprint density at radius 1 is 1.33 bits per heavy atom. The maximum absolute atomic E-state index is 11.2. The molecule has 0 fully saturated rings. The predicted octanol–water partition coefficient (Wildman–Crippen LogP) is 1.45. The van der Waals surface area contributed by atoms with Crippen LogP contribution in [0.4, 0.5) is 0 Å². The largest absolute Gasteiger partial charge is 0.386 e. The second-order valence-corrected chi connectivity index (χ2v) is 4.41. The zero-order chi connectivity index (χ0) is 11.4. The van der Waals surface area contributed by atoms with Gasteiger partial charge in [-0.2, -0.15) is 0 Å². The molecule has 0 saturated heterocycles. The lowest BCUT2D eigenvalue weighted by Gasteiger charge is -1.98. The minimum atomic E-state index is -0.605. The van der Waals surface area contributed by atoms with Crippen LogP contribution in [0.5, 0.6) is 0 Å². The molecule has 1 rings (SSSR count). The average Bonchev–Trinajstić information content (AvgIpc) is 2.40. The van der Waals surface area contributed by atoms with Gasteiger partial charge in [0.2, 0.25) is 0 Å². The Labute approximate surface area is 92.0 Å². The molecule has 0 N–H and O–H groups in total. The van der Waals surface area contributed by atoms with Gasteiger partial charge in [0, 0.05) is 17.6 Å². The Morgan fingerprint density at radius 3 is 2.47 bits per heavy atom. The molecule has 1 aliphatic rings. The molecule has 0 aromatic rings. The third-order valence-electron chi connectivity index (χ3n) is 2.08. The van der Waals surface area contributed by atoms with E-state index in [1.165, 1.54) is 11.8 Å². The number of cyclic esters (lactones) is 2. The van der Waals surface area contributed by atoms with Crippen LogP contribution in [0.1, 0.15) is 26.7 Å². The van der Waals surface area contributed by atoms with Crippen molar-refractivity contribution in [1.29, 1.82) is 0 Å². The summed E-state index contributed by atoms with van der Waals surface area (Å²) in [6, 6.07) is 0.